The number of methoxy groups -OCH3 is 1. The fourth-order valence-electron chi connectivity index (χ4n) is 3.68. The zero-order valence-corrected chi connectivity index (χ0v) is 17.1. The van der Waals surface area contributed by atoms with E-state index in [1.165, 1.54) is 25.3 Å². The fraction of sp³-hybridized carbons (Fsp3) is 0.0833. The SMILES string of the molecule is COc1ccccc1/C(O)=C1/C(=O)C(=O)N(c2ccc(Cl)cc2)C1c1ccccc1F. The number of halogens is 2. The molecule has 1 heterocycles. The Hall–Kier alpha value is -3.64. The summed E-state index contributed by atoms with van der Waals surface area (Å²) in [5.74, 6) is -2.55. The number of carbonyl (C=O) groups is 2. The summed E-state index contributed by atoms with van der Waals surface area (Å²) >= 11 is 5.96. The lowest BCUT2D eigenvalue weighted by molar-refractivity contribution is -0.132. The normalized spacial score (nSPS) is 17.8. The number of ketones is 1. The van der Waals surface area contributed by atoms with Crippen molar-refractivity contribution in [3.8, 4) is 5.75 Å². The van der Waals surface area contributed by atoms with Gasteiger partial charge in [0.15, 0.2) is 0 Å². The largest absolute Gasteiger partial charge is 0.507 e. The minimum atomic E-state index is -1.17. The van der Waals surface area contributed by atoms with Crippen LogP contribution >= 0.6 is 11.6 Å². The minimum absolute atomic E-state index is 0.0769. The molecule has 0 aliphatic carbocycles. The van der Waals surface area contributed by atoms with E-state index in [-0.39, 0.29) is 16.7 Å². The van der Waals surface area contributed by atoms with Gasteiger partial charge in [0.05, 0.1) is 24.3 Å². The Kier molecular flexibility index (Phi) is 5.48. The topological polar surface area (TPSA) is 66.8 Å². The van der Waals surface area contributed by atoms with Gasteiger partial charge in [-0.25, -0.2) is 4.39 Å². The van der Waals surface area contributed by atoms with Crippen LogP contribution in [-0.4, -0.2) is 23.9 Å². The highest BCUT2D eigenvalue weighted by molar-refractivity contribution is 6.51. The smallest absolute Gasteiger partial charge is 0.300 e. The number of anilines is 1. The number of benzene rings is 3. The molecule has 1 aliphatic heterocycles. The van der Waals surface area contributed by atoms with Gasteiger partial charge in [-0.3, -0.25) is 14.5 Å². The maximum atomic E-state index is 14.8. The molecule has 0 bridgehead atoms. The number of hydrogen-bond donors (Lipinski definition) is 1. The number of Topliss-reactive ketones (excluding diaryl/α,β-unsaturated/α-hetero) is 1. The van der Waals surface area contributed by atoms with Gasteiger partial charge in [0.1, 0.15) is 17.3 Å². The molecule has 3 aromatic rings. The third-order valence-electron chi connectivity index (χ3n) is 5.11. The van der Waals surface area contributed by atoms with Crippen LogP contribution in [0.2, 0.25) is 5.02 Å². The van der Waals surface area contributed by atoms with E-state index in [0.29, 0.717) is 16.5 Å². The Morgan fingerprint density at radius 3 is 2.32 bits per heavy atom. The van der Waals surface area contributed by atoms with Gasteiger partial charge in [-0.05, 0) is 42.5 Å². The first-order valence-electron chi connectivity index (χ1n) is 9.38. The Bertz CT molecular complexity index is 1210. The third kappa shape index (κ3) is 3.55. The molecular formula is C24H17ClFNO4. The number of para-hydroxylation sites is 1. The summed E-state index contributed by atoms with van der Waals surface area (Å²) in [5.41, 5.74) is 0.418. The molecule has 0 radical (unpaired) electrons. The average molecular weight is 438 g/mol. The summed E-state index contributed by atoms with van der Waals surface area (Å²) in [7, 11) is 1.42. The molecule has 1 unspecified atom stereocenters. The molecule has 3 aromatic carbocycles. The van der Waals surface area contributed by atoms with Gasteiger partial charge in [0.25, 0.3) is 11.7 Å². The molecule has 0 aromatic heterocycles. The molecule has 0 saturated carbocycles. The maximum absolute atomic E-state index is 14.8. The number of aliphatic hydroxyl groups is 1. The number of nitrogens with zero attached hydrogens (tertiary/aromatic N) is 1. The first-order valence-corrected chi connectivity index (χ1v) is 9.76. The Morgan fingerprint density at radius 2 is 1.65 bits per heavy atom. The van der Waals surface area contributed by atoms with Crippen LogP contribution in [0.5, 0.6) is 5.75 Å². The summed E-state index contributed by atoms with van der Waals surface area (Å²) in [5, 5.41) is 11.5. The molecule has 1 fully saturated rings. The van der Waals surface area contributed by atoms with E-state index in [0.717, 1.165) is 4.90 Å². The van der Waals surface area contributed by atoms with E-state index in [2.05, 4.69) is 0 Å². The van der Waals surface area contributed by atoms with Crippen molar-refractivity contribution in [3.63, 3.8) is 0 Å². The van der Waals surface area contributed by atoms with E-state index in [1.807, 2.05) is 0 Å². The van der Waals surface area contributed by atoms with Crippen LogP contribution in [0.15, 0.2) is 78.4 Å². The van der Waals surface area contributed by atoms with Crippen LogP contribution in [0.3, 0.4) is 0 Å². The molecular weight excluding hydrogens is 421 g/mol. The predicted molar refractivity (Wildman–Crippen MR) is 116 cm³/mol. The molecule has 4 rings (SSSR count). The van der Waals surface area contributed by atoms with E-state index < -0.39 is 29.3 Å². The fourth-order valence-corrected chi connectivity index (χ4v) is 3.80. The lowest BCUT2D eigenvalue weighted by Crippen LogP contribution is -2.29. The molecule has 0 spiro atoms. The predicted octanol–water partition coefficient (Wildman–Crippen LogP) is 5.11. The van der Waals surface area contributed by atoms with E-state index >= 15 is 0 Å². The van der Waals surface area contributed by atoms with Crippen molar-refractivity contribution in [2.24, 2.45) is 0 Å². The van der Waals surface area contributed by atoms with E-state index in [1.54, 1.807) is 54.6 Å². The Balaban J connectivity index is 1.99. The summed E-state index contributed by atoms with van der Waals surface area (Å²) in [6.07, 6.45) is 0. The number of hydrogen-bond acceptors (Lipinski definition) is 4. The molecule has 31 heavy (non-hydrogen) atoms. The van der Waals surface area contributed by atoms with E-state index in [4.69, 9.17) is 16.3 Å². The van der Waals surface area contributed by atoms with Crippen LogP contribution in [0.1, 0.15) is 17.2 Å². The summed E-state index contributed by atoms with van der Waals surface area (Å²) in [4.78, 5) is 27.3. The van der Waals surface area contributed by atoms with Gasteiger partial charge in [-0.1, -0.05) is 41.9 Å². The van der Waals surface area contributed by atoms with Gasteiger partial charge in [-0.15, -0.1) is 0 Å². The Morgan fingerprint density at radius 1 is 1.00 bits per heavy atom. The zero-order valence-electron chi connectivity index (χ0n) is 16.4. The summed E-state index contributed by atoms with van der Waals surface area (Å²) in [6.45, 7) is 0. The quantitative estimate of drug-likeness (QED) is 0.350. The van der Waals surface area contributed by atoms with Crippen LogP contribution < -0.4 is 9.64 Å². The van der Waals surface area contributed by atoms with Gasteiger partial charge in [0.2, 0.25) is 0 Å². The second-order valence-electron chi connectivity index (χ2n) is 6.87. The van der Waals surface area contributed by atoms with Gasteiger partial charge in [0, 0.05) is 16.3 Å². The number of amides is 1. The average Bonchev–Trinajstić information content (AvgIpc) is 3.04. The lowest BCUT2D eigenvalue weighted by Gasteiger charge is -2.26. The highest BCUT2D eigenvalue weighted by atomic mass is 35.5. The Labute approximate surface area is 182 Å². The highest BCUT2D eigenvalue weighted by Gasteiger charge is 2.48. The molecule has 1 aliphatic rings. The van der Waals surface area contributed by atoms with Crippen molar-refractivity contribution in [2.75, 3.05) is 12.0 Å². The number of aliphatic hydroxyl groups excluding tert-OH is 1. The van der Waals surface area contributed by atoms with Gasteiger partial charge >= 0.3 is 0 Å². The number of ether oxygens (including phenoxy) is 1. The van der Waals surface area contributed by atoms with Crippen molar-refractivity contribution < 1.29 is 23.8 Å². The molecule has 1 saturated heterocycles. The zero-order chi connectivity index (χ0) is 22.1. The standard InChI is InChI=1S/C24H17ClFNO4/c1-31-19-9-5-3-7-17(19)22(28)20-21(16-6-2-4-8-18(16)26)27(24(30)23(20)29)15-12-10-14(25)11-13-15/h2-13,21,28H,1H3/b22-20-. The van der Waals surface area contributed by atoms with Crippen molar-refractivity contribution in [1.29, 1.82) is 0 Å². The van der Waals surface area contributed by atoms with Crippen molar-refractivity contribution >= 4 is 34.7 Å². The molecule has 1 amide bonds. The number of rotatable bonds is 4. The van der Waals surface area contributed by atoms with Crippen molar-refractivity contribution in [2.45, 2.75) is 6.04 Å². The molecule has 156 valence electrons. The highest BCUT2D eigenvalue weighted by Crippen LogP contribution is 2.43. The molecule has 1 atom stereocenters. The lowest BCUT2D eigenvalue weighted by atomic mass is 9.94. The summed E-state index contributed by atoms with van der Waals surface area (Å²) < 4.78 is 20.1. The third-order valence-corrected chi connectivity index (χ3v) is 5.36. The molecule has 1 N–H and O–H groups in total. The minimum Gasteiger partial charge on any atom is -0.507 e. The second kappa shape index (κ2) is 8.24. The number of carbonyl (C=O) groups excluding carboxylic acids is 2. The molecule has 5 nitrogen and oxygen atoms in total. The van der Waals surface area contributed by atoms with Crippen LogP contribution in [0, 0.1) is 5.82 Å². The first kappa shape index (κ1) is 20.6. The van der Waals surface area contributed by atoms with Gasteiger partial charge in [-0.2, -0.15) is 0 Å². The second-order valence-corrected chi connectivity index (χ2v) is 7.30. The molecule has 7 heteroatoms. The van der Waals surface area contributed by atoms with E-state index in [9.17, 15) is 19.1 Å². The first-order chi connectivity index (χ1) is 14.9. The van der Waals surface area contributed by atoms with Crippen LogP contribution in [-0.2, 0) is 9.59 Å². The van der Waals surface area contributed by atoms with Crippen molar-refractivity contribution in [1.82, 2.24) is 0 Å². The summed E-state index contributed by atoms with van der Waals surface area (Å²) in [6, 6.07) is 17.4. The van der Waals surface area contributed by atoms with Gasteiger partial charge < -0.3 is 9.84 Å². The van der Waals surface area contributed by atoms with Crippen LogP contribution in [0.25, 0.3) is 5.76 Å². The maximum Gasteiger partial charge on any atom is 0.300 e. The van der Waals surface area contributed by atoms with Crippen molar-refractivity contribution in [3.05, 3.63) is 100 Å². The monoisotopic (exact) mass is 437 g/mol. The van der Waals surface area contributed by atoms with Crippen LogP contribution in [0.4, 0.5) is 10.1 Å².